The zero-order valence-electron chi connectivity index (χ0n) is 17.9. The van der Waals surface area contributed by atoms with Crippen LogP contribution < -0.4 is 27.4 Å². The van der Waals surface area contributed by atoms with Crippen molar-refractivity contribution in [2.75, 3.05) is 6.61 Å². The van der Waals surface area contributed by atoms with Crippen LogP contribution in [0.5, 0.6) is 0 Å². The Morgan fingerprint density at radius 1 is 0.971 bits per heavy atom. The van der Waals surface area contributed by atoms with E-state index in [0.29, 0.717) is 5.69 Å². The van der Waals surface area contributed by atoms with Crippen molar-refractivity contribution in [2.45, 2.75) is 49.9 Å². The average Bonchev–Trinajstić information content (AvgIpc) is 3.26. The highest BCUT2D eigenvalue weighted by atomic mass is 16.4. The number of imidazole rings is 1. The molecule has 16 heteroatoms. The molecule has 11 N–H and O–H groups in total. The van der Waals surface area contributed by atoms with Gasteiger partial charge in [0.1, 0.15) is 18.1 Å². The van der Waals surface area contributed by atoms with Crippen molar-refractivity contribution in [1.82, 2.24) is 25.9 Å². The van der Waals surface area contributed by atoms with Crippen molar-refractivity contribution < 1.29 is 44.1 Å². The highest BCUT2D eigenvalue weighted by Crippen LogP contribution is 2.04. The van der Waals surface area contributed by atoms with E-state index in [2.05, 4.69) is 25.9 Å². The maximum Gasteiger partial charge on any atom is 0.326 e. The van der Waals surface area contributed by atoms with Gasteiger partial charge < -0.3 is 47.7 Å². The zero-order valence-corrected chi connectivity index (χ0v) is 17.9. The number of primary amides is 1. The largest absolute Gasteiger partial charge is 0.481 e. The molecule has 0 saturated heterocycles. The molecule has 0 spiro atoms. The van der Waals surface area contributed by atoms with Gasteiger partial charge in [-0.15, -0.1) is 0 Å². The minimum atomic E-state index is -1.56. The number of nitrogens with two attached hydrogens (primary N) is 2. The molecule has 1 aromatic rings. The molecule has 0 bridgehead atoms. The third kappa shape index (κ3) is 9.61. The first-order chi connectivity index (χ1) is 15.9. The van der Waals surface area contributed by atoms with Gasteiger partial charge >= 0.3 is 11.9 Å². The van der Waals surface area contributed by atoms with Gasteiger partial charge in [0, 0.05) is 24.7 Å². The van der Waals surface area contributed by atoms with Gasteiger partial charge in [0.05, 0.1) is 25.4 Å². The third-order valence-electron chi connectivity index (χ3n) is 4.45. The molecule has 16 nitrogen and oxygen atoms in total. The van der Waals surface area contributed by atoms with Crippen LogP contribution in [-0.4, -0.2) is 91.6 Å². The second-order valence-electron chi connectivity index (χ2n) is 7.19. The summed E-state index contributed by atoms with van der Waals surface area (Å²) in [5.41, 5.74) is 10.8. The highest BCUT2D eigenvalue weighted by molar-refractivity contribution is 5.95. The number of hydrogen-bond donors (Lipinski definition) is 9. The number of aliphatic hydroxyl groups excluding tert-OH is 1. The minimum Gasteiger partial charge on any atom is -0.481 e. The van der Waals surface area contributed by atoms with Crippen LogP contribution in [0.3, 0.4) is 0 Å². The number of carboxylic acid groups (broad SMARTS) is 2. The summed E-state index contributed by atoms with van der Waals surface area (Å²) in [6.07, 6.45) is 1.02. The van der Waals surface area contributed by atoms with Gasteiger partial charge in [0.15, 0.2) is 0 Å². The third-order valence-corrected chi connectivity index (χ3v) is 4.45. The van der Waals surface area contributed by atoms with Gasteiger partial charge in [-0.3, -0.25) is 24.0 Å². The number of carbonyl (C=O) groups is 6. The van der Waals surface area contributed by atoms with Crippen molar-refractivity contribution in [3.05, 3.63) is 18.2 Å². The molecule has 4 unspecified atom stereocenters. The van der Waals surface area contributed by atoms with E-state index in [1.807, 2.05) is 0 Å². The molecule has 1 rings (SSSR count). The van der Waals surface area contributed by atoms with E-state index < -0.39 is 85.6 Å². The second kappa shape index (κ2) is 13.5. The molecule has 1 aromatic heterocycles. The first-order valence-corrected chi connectivity index (χ1v) is 9.92. The van der Waals surface area contributed by atoms with Crippen LogP contribution in [0.1, 0.15) is 25.0 Å². The number of aliphatic carboxylic acids is 2. The topological polar surface area (TPSA) is 280 Å². The molecule has 4 amide bonds. The average molecular weight is 485 g/mol. The van der Waals surface area contributed by atoms with E-state index >= 15 is 0 Å². The predicted octanol–water partition coefficient (Wildman–Crippen LogP) is -4.45. The summed E-state index contributed by atoms with van der Waals surface area (Å²) < 4.78 is 0. The molecule has 188 valence electrons. The molecular weight excluding hydrogens is 458 g/mol. The number of amides is 4. The van der Waals surface area contributed by atoms with Gasteiger partial charge in [-0.1, -0.05) is 0 Å². The van der Waals surface area contributed by atoms with Gasteiger partial charge in [-0.25, -0.2) is 9.78 Å². The number of hydrogen-bond acceptors (Lipinski definition) is 9. The van der Waals surface area contributed by atoms with Gasteiger partial charge in [-0.05, 0) is 6.42 Å². The van der Waals surface area contributed by atoms with E-state index in [1.54, 1.807) is 0 Å². The number of aromatic amines is 1. The van der Waals surface area contributed by atoms with E-state index in [4.69, 9.17) is 16.6 Å². The number of carboxylic acids is 2. The van der Waals surface area contributed by atoms with Crippen molar-refractivity contribution in [1.29, 1.82) is 0 Å². The maximum absolute atomic E-state index is 12.7. The smallest absolute Gasteiger partial charge is 0.326 e. The van der Waals surface area contributed by atoms with Gasteiger partial charge in [-0.2, -0.15) is 0 Å². The van der Waals surface area contributed by atoms with Crippen LogP contribution in [0.2, 0.25) is 0 Å². The number of H-pyrrole nitrogens is 1. The Kier molecular flexibility index (Phi) is 11.1. The van der Waals surface area contributed by atoms with E-state index in [1.165, 1.54) is 12.5 Å². The second-order valence-corrected chi connectivity index (χ2v) is 7.19. The molecule has 0 saturated carbocycles. The summed E-state index contributed by atoms with van der Waals surface area (Å²) in [5, 5.41) is 34.1. The molecule has 0 aliphatic rings. The van der Waals surface area contributed by atoms with E-state index in [-0.39, 0.29) is 6.42 Å². The Balaban J connectivity index is 2.95. The Morgan fingerprint density at radius 3 is 2.06 bits per heavy atom. The quantitative estimate of drug-likeness (QED) is 0.114. The first kappa shape index (κ1) is 28.0. The van der Waals surface area contributed by atoms with Crippen LogP contribution in [0.25, 0.3) is 0 Å². The number of aromatic nitrogens is 2. The lowest BCUT2D eigenvalue weighted by atomic mass is 10.1. The van der Waals surface area contributed by atoms with Crippen LogP contribution in [-0.2, 0) is 35.2 Å². The highest BCUT2D eigenvalue weighted by Gasteiger charge is 2.31. The number of carbonyl (C=O) groups excluding carboxylic acids is 4. The Bertz CT molecular complexity index is 890. The minimum absolute atomic E-state index is 0.184. The molecule has 0 radical (unpaired) electrons. The molecule has 0 aliphatic heterocycles. The summed E-state index contributed by atoms with van der Waals surface area (Å²) in [5.74, 6) is -6.54. The fourth-order valence-corrected chi connectivity index (χ4v) is 2.68. The Hall–Kier alpha value is -4.05. The standard InChI is InChI=1S/C18H27N7O9/c19-9(4-13(20)27)15(30)25-12(6-26)17(32)24-11(3-8-5-21-7-22-8)16(31)23-10(18(33)34)1-2-14(28)29/h5,7,9-12,26H,1-4,6,19H2,(H2,20,27)(H,21,22)(H,23,31)(H,24,32)(H,25,30)(H,28,29)(H,33,34). The van der Waals surface area contributed by atoms with Crippen molar-refractivity contribution in [3.8, 4) is 0 Å². The number of nitrogens with zero attached hydrogens (tertiary/aromatic N) is 1. The SMILES string of the molecule is NC(=O)CC(N)C(=O)NC(CO)C(=O)NC(Cc1cnc[nH]1)C(=O)NC(CCC(=O)O)C(=O)O. The van der Waals surface area contributed by atoms with Crippen LogP contribution >= 0.6 is 0 Å². The lowest BCUT2D eigenvalue weighted by Gasteiger charge is -2.24. The van der Waals surface area contributed by atoms with E-state index in [0.717, 1.165) is 0 Å². The fourth-order valence-electron chi connectivity index (χ4n) is 2.68. The number of nitrogens with one attached hydrogen (secondary N) is 4. The van der Waals surface area contributed by atoms with Gasteiger partial charge in [0.2, 0.25) is 23.6 Å². The Labute approximate surface area is 192 Å². The molecular formula is C18H27N7O9. The molecule has 1 heterocycles. The van der Waals surface area contributed by atoms with Crippen LogP contribution in [0, 0.1) is 0 Å². The number of rotatable bonds is 15. The number of aliphatic hydroxyl groups is 1. The molecule has 0 fully saturated rings. The van der Waals surface area contributed by atoms with Gasteiger partial charge in [0.25, 0.3) is 0 Å². The van der Waals surface area contributed by atoms with Crippen molar-refractivity contribution in [2.24, 2.45) is 11.5 Å². The van der Waals surface area contributed by atoms with Crippen LogP contribution in [0.15, 0.2) is 12.5 Å². The normalized spacial score (nSPS) is 14.2. The fraction of sp³-hybridized carbons (Fsp3) is 0.500. The zero-order chi connectivity index (χ0) is 25.8. The maximum atomic E-state index is 12.7. The summed E-state index contributed by atoms with van der Waals surface area (Å²) >= 11 is 0. The predicted molar refractivity (Wildman–Crippen MR) is 111 cm³/mol. The summed E-state index contributed by atoms with van der Waals surface area (Å²) in [6, 6.07) is -5.89. The molecule has 0 aliphatic carbocycles. The molecule has 4 atom stereocenters. The Morgan fingerprint density at radius 2 is 1.56 bits per heavy atom. The monoisotopic (exact) mass is 485 g/mol. The van der Waals surface area contributed by atoms with E-state index in [9.17, 15) is 39.0 Å². The van der Waals surface area contributed by atoms with Crippen molar-refractivity contribution >= 4 is 35.6 Å². The lowest BCUT2D eigenvalue weighted by molar-refractivity contribution is -0.143. The molecule has 34 heavy (non-hydrogen) atoms. The summed E-state index contributed by atoms with van der Waals surface area (Å²) in [6.45, 7) is -0.893. The summed E-state index contributed by atoms with van der Waals surface area (Å²) in [7, 11) is 0. The van der Waals surface area contributed by atoms with Crippen molar-refractivity contribution in [3.63, 3.8) is 0 Å². The first-order valence-electron chi connectivity index (χ1n) is 9.92. The molecule has 0 aromatic carbocycles. The summed E-state index contributed by atoms with van der Waals surface area (Å²) in [4.78, 5) is 76.9. The van der Waals surface area contributed by atoms with Crippen LogP contribution in [0.4, 0.5) is 0 Å². The lowest BCUT2D eigenvalue weighted by Crippen LogP contribution is -2.58.